The van der Waals surface area contributed by atoms with Crippen LogP contribution in [-0.4, -0.2) is 59.8 Å². The maximum Gasteiger partial charge on any atom is 0.216 e. The molecule has 0 bridgehead atoms. The van der Waals surface area contributed by atoms with Gasteiger partial charge in [-0.15, -0.1) is 216 Å². The fourth-order valence-electron chi connectivity index (χ4n) is 14.8. The first-order valence-electron chi connectivity index (χ1n) is 48.0. The van der Waals surface area contributed by atoms with Gasteiger partial charge in [0.1, 0.15) is 0 Å². The summed E-state index contributed by atoms with van der Waals surface area (Å²) in [5.41, 5.74) is 22.0. The molecule has 0 aliphatic carbocycles. The van der Waals surface area contributed by atoms with E-state index in [1.54, 1.807) is 67.9 Å². The quantitative estimate of drug-likeness (QED) is 0.104. The molecule has 0 N–H and O–H groups in total. The van der Waals surface area contributed by atoms with Gasteiger partial charge in [-0.1, -0.05) is 195 Å². The molecular formula is C120H92Ir4N12O4-8. The summed E-state index contributed by atoms with van der Waals surface area (Å²) >= 11 is 0. The summed E-state index contributed by atoms with van der Waals surface area (Å²) in [7, 11) is 0. The molecule has 140 heavy (non-hydrogen) atoms. The van der Waals surface area contributed by atoms with Crippen molar-refractivity contribution in [2.45, 2.75) is 78.9 Å². The van der Waals surface area contributed by atoms with Crippen molar-refractivity contribution in [2.75, 3.05) is 0 Å². The first-order valence-corrected chi connectivity index (χ1v) is 44.0. The summed E-state index contributed by atoms with van der Waals surface area (Å²) in [6.45, 7) is 6.19. The molecule has 0 fully saturated rings. The Morgan fingerprint density at radius 3 is 0.814 bits per heavy atom. The molecule has 700 valence electrons. The molecule has 16 aromatic heterocycles. The maximum atomic E-state index is 8.38. The van der Waals surface area contributed by atoms with Crippen LogP contribution in [0.3, 0.4) is 0 Å². The normalized spacial score (nSPS) is 11.8. The van der Waals surface area contributed by atoms with Crippen molar-refractivity contribution in [3.63, 3.8) is 0 Å². The van der Waals surface area contributed by atoms with Gasteiger partial charge < -0.3 is 57.5 Å². The van der Waals surface area contributed by atoms with Gasteiger partial charge >= 0.3 is 0 Å². The predicted octanol–water partition coefficient (Wildman–Crippen LogP) is 30.1. The SMILES string of the molecule is CC(C)c1ccc2c(n1)oc1c(-c3ccccn3)[c-]ccc12.CC(C)c1ccnc(-c2[c-]ccc3c2oc2ncccc23)c1.[2H]C(C)(C)c1ccnc(-c2[c-]ccc3c2oc2ncccc23)c1.[2H]C([2H])([2H])C([2H])(c1ccnc(-c2[c-]ccc3c2oc2ncccc23)c1)C([2H])([2H])[2H].[Ir].[Ir].[Ir].[Ir].[c-]1ccccc1-c1ccccn1.[c-]1ccccc1-c1ccccn1.[c-]1ccccc1-c1ccccn1.[c-]1ccccc1-c1ccccn1. The molecule has 0 atom stereocenters. The van der Waals surface area contributed by atoms with Gasteiger partial charge in [-0.2, -0.15) is 0 Å². The van der Waals surface area contributed by atoms with E-state index < -0.39 is 25.5 Å². The van der Waals surface area contributed by atoms with Gasteiger partial charge in [-0.05, 0) is 166 Å². The molecule has 16 heterocycles. The number of fused-ring (bicyclic) bond motifs is 12. The Kier molecular flexibility index (Phi) is 33.2. The summed E-state index contributed by atoms with van der Waals surface area (Å²) in [5, 5.41) is 7.71. The van der Waals surface area contributed by atoms with Crippen LogP contribution in [-0.2, 0) is 80.4 Å². The van der Waals surface area contributed by atoms with Crippen LogP contribution in [0.25, 0.3) is 178 Å². The van der Waals surface area contributed by atoms with Crippen LogP contribution in [0, 0.1) is 48.5 Å². The third kappa shape index (κ3) is 25.5. The zero-order valence-corrected chi connectivity index (χ0v) is 86.0. The third-order valence-electron chi connectivity index (χ3n) is 21.7. The molecule has 0 amide bonds. The van der Waals surface area contributed by atoms with Crippen LogP contribution >= 0.6 is 0 Å². The molecule has 0 saturated carbocycles. The molecule has 20 heteroatoms. The van der Waals surface area contributed by atoms with E-state index in [0.29, 0.717) is 45.8 Å². The summed E-state index contributed by atoms with van der Waals surface area (Å²) in [5.74, 6) is -2.65. The number of nitrogens with zero attached hydrogens (tertiary/aromatic N) is 12. The average molecular weight is 2540 g/mol. The van der Waals surface area contributed by atoms with Gasteiger partial charge in [-0.3, -0.25) is 0 Å². The molecule has 4 radical (unpaired) electrons. The number of furan rings is 4. The van der Waals surface area contributed by atoms with Gasteiger partial charge in [0.2, 0.25) is 22.9 Å². The van der Waals surface area contributed by atoms with Crippen LogP contribution in [0.15, 0.2) is 407 Å². The second-order valence-corrected chi connectivity index (χ2v) is 31.6. The number of pyridine rings is 12. The Morgan fingerprint density at radius 1 is 0.229 bits per heavy atom. The van der Waals surface area contributed by atoms with Gasteiger partial charge in [0.25, 0.3) is 0 Å². The number of hydrogen-bond donors (Lipinski definition) is 0. The van der Waals surface area contributed by atoms with Gasteiger partial charge in [-0.25, -0.2) is 19.9 Å². The summed E-state index contributed by atoms with van der Waals surface area (Å²) in [6.07, 6.45) is 18.9. The van der Waals surface area contributed by atoms with Crippen molar-refractivity contribution in [1.82, 2.24) is 59.8 Å². The molecular weight excluding hydrogens is 2440 g/mol. The van der Waals surface area contributed by atoms with Crippen LogP contribution in [0.5, 0.6) is 0 Å². The molecule has 0 aliphatic heterocycles. The second-order valence-electron chi connectivity index (χ2n) is 31.6. The van der Waals surface area contributed by atoms with E-state index >= 15 is 0 Å². The zero-order chi connectivity index (χ0) is 100. The van der Waals surface area contributed by atoms with E-state index in [2.05, 4.69) is 160 Å². The molecule has 24 aromatic rings. The van der Waals surface area contributed by atoms with Crippen molar-refractivity contribution in [1.29, 1.82) is 0 Å². The Hall–Kier alpha value is -14.6. The van der Waals surface area contributed by atoms with E-state index in [9.17, 15) is 0 Å². The van der Waals surface area contributed by atoms with Gasteiger partial charge in [0.05, 0.1) is 22.3 Å². The molecule has 16 nitrogen and oxygen atoms in total. The summed E-state index contributed by atoms with van der Waals surface area (Å²) in [4.78, 5) is 51.9. The van der Waals surface area contributed by atoms with E-state index in [-0.39, 0.29) is 91.7 Å². The Morgan fingerprint density at radius 2 is 0.514 bits per heavy atom. The van der Waals surface area contributed by atoms with Crippen molar-refractivity contribution in [2.24, 2.45) is 0 Å². The number of aromatic nitrogens is 12. The monoisotopic (exact) mass is 2540 g/mol. The fraction of sp³-hybridized carbons (Fsp3) is 0.100. The average Bonchev–Trinajstić information content (AvgIpc) is 1.26. The van der Waals surface area contributed by atoms with Gasteiger partial charge in [0, 0.05) is 187 Å². The van der Waals surface area contributed by atoms with Crippen LogP contribution in [0.1, 0.15) is 112 Å². The van der Waals surface area contributed by atoms with E-state index in [1.165, 1.54) is 23.9 Å². The van der Waals surface area contributed by atoms with Crippen molar-refractivity contribution >= 4 is 88.3 Å². The maximum absolute atomic E-state index is 8.38. The largest absolute Gasteiger partial charge is 0.486 e. The van der Waals surface area contributed by atoms with Crippen molar-refractivity contribution < 1.29 is 109 Å². The Balaban J connectivity index is 0.000000144. The number of hydrogen-bond acceptors (Lipinski definition) is 16. The smallest absolute Gasteiger partial charge is 0.216 e. The minimum atomic E-state index is -3.07. The molecule has 0 unspecified atom stereocenters. The summed E-state index contributed by atoms with van der Waals surface area (Å²) < 4.78 is 86.5. The molecule has 0 aliphatic rings. The van der Waals surface area contributed by atoms with Crippen LogP contribution < -0.4 is 0 Å². The predicted molar refractivity (Wildman–Crippen MR) is 545 cm³/mol. The molecule has 8 aromatic carbocycles. The van der Waals surface area contributed by atoms with E-state index in [0.717, 1.165) is 150 Å². The fourth-order valence-corrected chi connectivity index (χ4v) is 14.8. The standard InChI is InChI=1S/4C19H15N2O.4C11H8N.4Ir/c3*1-12(2)13-8-10-20-17(11-13)16-6-3-5-14-15-7-4-9-21-19(15)22-18(14)16;1-12(2)16-10-9-14-13-6-5-7-15(17-8-3-4-11-20-17)18(13)22-19(14)21-16;4*1-2-6-10(7-3-1)11-8-4-5-9-12-11;;;;/h3*3-5,7-12H,1-2H3;3-6,8-12H,1-2H3;4*1-6,8-9H;;;;/q8*-1;;;;/i1D3,2D3,12D;12D;;;;;;;;;;. The van der Waals surface area contributed by atoms with Gasteiger partial charge in [0.15, 0.2) is 0 Å². The first-order chi connectivity index (χ1) is 69.9. The summed E-state index contributed by atoms with van der Waals surface area (Å²) in [6, 6.07) is 127. The Labute approximate surface area is 879 Å². The Bertz CT molecular complexity index is 7920. The van der Waals surface area contributed by atoms with Crippen molar-refractivity contribution in [3.8, 4) is 90.1 Å². The second kappa shape index (κ2) is 50.6. The van der Waals surface area contributed by atoms with E-state index in [1.807, 2.05) is 293 Å². The van der Waals surface area contributed by atoms with Crippen LogP contribution in [0.4, 0.5) is 0 Å². The zero-order valence-electron chi connectivity index (χ0n) is 84.4. The topological polar surface area (TPSA) is 207 Å². The van der Waals surface area contributed by atoms with Crippen molar-refractivity contribution in [3.05, 3.63) is 461 Å². The van der Waals surface area contributed by atoms with E-state index in [4.69, 9.17) is 28.6 Å². The number of rotatable bonds is 12. The molecule has 24 rings (SSSR count). The molecule has 0 saturated heterocycles. The number of benzene rings is 8. The van der Waals surface area contributed by atoms with Crippen LogP contribution in [0.2, 0.25) is 0 Å². The third-order valence-corrected chi connectivity index (χ3v) is 21.7. The minimum Gasteiger partial charge on any atom is -0.486 e. The first kappa shape index (κ1) is 91.8. The molecule has 0 spiro atoms. The minimum absolute atomic E-state index is 0.